The number of thioether (sulfide) groups is 1. The van der Waals surface area contributed by atoms with Crippen LogP contribution in [-0.4, -0.2) is 19.7 Å². The highest BCUT2D eigenvalue weighted by Crippen LogP contribution is 2.31. The number of thiazole rings is 1. The molecule has 0 N–H and O–H groups in total. The highest BCUT2D eigenvalue weighted by atomic mass is 35.5. The topological polar surface area (TPSA) is 43.6 Å². The van der Waals surface area contributed by atoms with Crippen LogP contribution in [0.4, 0.5) is 0 Å². The standard InChI is InChI=1S/C20H16Cl2N4S2/c1-26-18(10-13-6-8-14(21)9-7-13)24-25-20(26)28-12-15-11-27-19(23-15)16-4-2-3-5-17(16)22/h2-9,11H,10,12H2,1H3. The lowest BCUT2D eigenvalue weighted by Gasteiger charge is -2.04. The molecule has 0 bridgehead atoms. The number of nitrogens with zero attached hydrogens (tertiary/aromatic N) is 4. The summed E-state index contributed by atoms with van der Waals surface area (Å²) in [7, 11) is 1.99. The first-order valence-corrected chi connectivity index (χ1v) is 11.2. The molecule has 2 aromatic heterocycles. The Balaban J connectivity index is 1.42. The Bertz CT molecular complexity index is 1090. The largest absolute Gasteiger partial charge is 0.309 e. The van der Waals surface area contributed by atoms with Crippen LogP contribution in [0.15, 0.2) is 59.1 Å². The molecule has 4 rings (SSSR count). The Morgan fingerprint density at radius 2 is 1.82 bits per heavy atom. The summed E-state index contributed by atoms with van der Waals surface area (Å²) in [6.45, 7) is 0. The van der Waals surface area contributed by atoms with E-state index in [1.807, 2.05) is 60.1 Å². The Morgan fingerprint density at radius 1 is 1.04 bits per heavy atom. The molecule has 4 nitrogen and oxygen atoms in total. The average Bonchev–Trinajstić information content (AvgIpc) is 3.30. The van der Waals surface area contributed by atoms with E-state index in [1.165, 1.54) is 0 Å². The van der Waals surface area contributed by atoms with Crippen LogP contribution in [0.1, 0.15) is 17.1 Å². The van der Waals surface area contributed by atoms with Gasteiger partial charge in [-0.05, 0) is 23.8 Å². The molecule has 0 atom stereocenters. The summed E-state index contributed by atoms with van der Waals surface area (Å²) in [5, 5.41) is 14.0. The minimum Gasteiger partial charge on any atom is -0.309 e. The van der Waals surface area contributed by atoms with Crippen LogP contribution in [0.2, 0.25) is 10.0 Å². The summed E-state index contributed by atoms with van der Waals surface area (Å²) in [5.41, 5.74) is 3.13. The van der Waals surface area contributed by atoms with Gasteiger partial charge in [-0.25, -0.2) is 4.98 Å². The summed E-state index contributed by atoms with van der Waals surface area (Å²) in [6, 6.07) is 15.6. The maximum Gasteiger partial charge on any atom is 0.191 e. The fraction of sp³-hybridized carbons (Fsp3) is 0.150. The van der Waals surface area contributed by atoms with Gasteiger partial charge in [0.2, 0.25) is 0 Å². The SMILES string of the molecule is Cn1c(Cc2ccc(Cl)cc2)nnc1SCc1csc(-c2ccccc2Cl)n1. The molecule has 0 radical (unpaired) electrons. The fourth-order valence-corrected chi connectivity index (χ4v) is 4.87. The predicted octanol–water partition coefficient (Wildman–Crippen LogP) is 6.13. The first-order chi connectivity index (χ1) is 13.6. The van der Waals surface area contributed by atoms with Gasteiger partial charge in [-0.2, -0.15) is 0 Å². The number of rotatable bonds is 6. The van der Waals surface area contributed by atoms with Crippen molar-refractivity contribution < 1.29 is 0 Å². The van der Waals surface area contributed by atoms with Gasteiger partial charge < -0.3 is 4.57 Å². The Morgan fingerprint density at radius 3 is 2.61 bits per heavy atom. The zero-order valence-electron chi connectivity index (χ0n) is 15.0. The van der Waals surface area contributed by atoms with Gasteiger partial charge in [0.1, 0.15) is 10.8 Å². The first kappa shape index (κ1) is 19.5. The summed E-state index contributed by atoms with van der Waals surface area (Å²) >= 11 is 15.5. The number of hydrogen-bond donors (Lipinski definition) is 0. The van der Waals surface area contributed by atoms with E-state index in [1.54, 1.807) is 23.1 Å². The van der Waals surface area contributed by atoms with Crippen molar-refractivity contribution in [2.75, 3.05) is 0 Å². The van der Waals surface area contributed by atoms with Gasteiger partial charge in [-0.15, -0.1) is 21.5 Å². The molecule has 4 aromatic rings. The summed E-state index contributed by atoms with van der Waals surface area (Å²) in [4.78, 5) is 4.71. The van der Waals surface area contributed by atoms with Crippen LogP contribution in [0, 0.1) is 0 Å². The van der Waals surface area contributed by atoms with Gasteiger partial charge in [0.25, 0.3) is 0 Å². The zero-order valence-corrected chi connectivity index (χ0v) is 18.1. The minimum absolute atomic E-state index is 0.717. The Kier molecular flexibility index (Phi) is 6.01. The van der Waals surface area contributed by atoms with Gasteiger partial charge >= 0.3 is 0 Å². The maximum absolute atomic E-state index is 6.27. The molecule has 0 saturated heterocycles. The lowest BCUT2D eigenvalue weighted by molar-refractivity contribution is 0.748. The average molecular weight is 447 g/mol. The molecule has 8 heteroatoms. The molecule has 2 heterocycles. The highest BCUT2D eigenvalue weighted by Gasteiger charge is 2.12. The molecule has 28 heavy (non-hydrogen) atoms. The first-order valence-electron chi connectivity index (χ1n) is 8.55. The van der Waals surface area contributed by atoms with Crippen LogP contribution in [0.25, 0.3) is 10.6 Å². The lowest BCUT2D eigenvalue weighted by atomic mass is 10.1. The minimum atomic E-state index is 0.717. The number of aromatic nitrogens is 4. The van der Waals surface area contributed by atoms with Crippen molar-refractivity contribution in [3.05, 3.63) is 81.0 Å². The summed E-state index contributed by atoms with van der Waals surface area (Å²) < 4.78 is 2.03. The van der Waals surface area contributed by atoms with E-state index in [-0.39, 0.29) is 0 Å². The molecule has 0 aliphatic heterocycles. The molecular formula is C20H16Cl2N4S2. The van der Waals surface area contributed by atoms with Gasteiger partial charge in [0.05, 0.1) is 10.7 Å². The monoisotopic (exact) mass is 446 g/mol. The van der Waals surface area contributed by atoms with E-state index in [2.05, 4.69) is 15.6 Å². The summed E-state index contributed by atoms with van der Waals surface area (Å²) in [6.07, 6.45) is 0.717. The smallest absolute Gasteiger partial charge is 0.191 e. The van der Waals surface area contributed by atoms with E-state index in [9.17, 15) is 0 Å². The van der Waals surface area contributed by atoms with E-state index in [4.69, 9.17) is 28.2 Å². The molecule has 0 saturated carbocycles. The third kappa shape index (κ3) is 4.41. The second-order valence-corrected chi connectivity index (χ2v) is 8.82. The van der Waals surface area contributed by atoms with Crippen LogP contribution in [0.5, 0.6) is 0 Å². The number of benzene rings is 2. The van der Waals surface area contributed by atoms with Gasteiger partial charge in [0, 0.05) is 35.2 Å². The molecule has 0 aliphatic carbocycles. The molecule has 0 spiro atoms. The van der Waals surface area contributed by atoms with Crippen molar-refractivity contribution in [1.82, 2.24) is 19.7 Å². The van der Waals surface area contributed by atoms with Crippen molar-refractivity contribution >= 4 is 46.3 Å². The number of halogens is 2. The Hall–Kier alpha value is -1.86. The molecule has 142 valence electrons. The normalized spacial score (nSPS) is 11.1. The lowest BCUT2D eigenvalue weighted by Crippen LogP contribution is -2.00. The predicted molar refractivity (Wildman–Crippen MR) is 117 cm³/mol. The van der Waals surface area contributed by atoms with Gasteiger partial charge in [-0.1, -0.05) is 65.3 Å². The second-order valence-electron chi connectivity index (χ2n) is 6.17. The fourth-order valence-electron chi connectivity index (χ4n) is 2.68. The van der Waals surface area contributed by atoms with Crippen molar-refractivity contribution in [3.63, 3.8) is 0 Å². The van der Waals surface area contributed by atoms with Crippen LogP contribution in [0.3, 0.4) is 0 Å². The van der Waals surface area contributed by atoms with E-state index < -0.39 is 0 Å². The molecule has 0 amide bonds. The van der Waals surface area contributed by atoms with Crippen molar-refractivity contribution in [1.29, 1.82) is 0 Å². The van der Waals surface area contributed by atoms with Crippen molar-refractivity contribution in [3.8, 4) is 10.6 Å². The molecule has 0 unspecified atom stereocenters. The van der Waals surface area contributed by atoms with Crippen molar-refractivity contribution in [2.24, 2.45) is 7.05 Å². The molecule has 0 aliphatic rings. The second kappa shape index (κ2) is 8.66. The van der Waals surface area contributed by atoms with E-state index >= 15 is 0 Å². The molecule has 0 fully saturated rings. The van der Waals surface area contributed by atoms with Gasteiger partial charge in [-0.3, -0.25) is 0 Å². The molecule has 2 aromatic carbocycles. The maximum atomic E-state index is 6.27. The van der Waals surface area contributed by atoms with E-state index in [0.717, 1.165) is 48.6 Å². The third-order valence-corrected chi connectivity index (χ3v) is 6.77. The highest BCUT2D eigenvalue weighted by molar-refractivity contribution is 7.98. The van der Waals surface area contributed by atoms with Gasteiger partial charge in [0.15, 0.2) is 5.16 Å². The van der Waals surface area contributed by atoms with E-state index in [0.29, 0.717) is 6.42 Å². The third-order valence-electron chi connectivity index (χ3n) is 4.21. The molecular weight excluding hydrogens is 431 g/mol. The van der Waals surface area contributed by atoms with Crippen molar-refractivity contribution in [2.45, 2.75) is 17.3 Å². The van der Waals surface area contributed by atoms with Crippen LogP contribution < -0.4 is 0 Å². The Labute approximate surface area is 181 Å². The quantitative estimate of drug-likeness (QED) is 0.334. The van der Waals surface area contributed by atoms with Crippen LogP contribution in [-0.2, 0) is 19.2 Å². The summed E-state index contributed by atoms with van der Waals surface area (Å²) in [5.74, 6) is 1.65. The van der Waals surface area contributed by atoms with Crippen LogP contribution >= 0.6 is 46.3 Å². The number of hydrogen-bond acceptors (Lipinski definition) is 5. The zero-order chi connectivity index (χ0) is 19.5.